The average molecular weight is 393 g/mol. The molecule has 0 aliphatic heterocycles. The summed E-state index contributed by atoms with van der Waals surface area (Å²) < 4.78 is 0.870. The maximum absolute atomic E-state index is 11.8. The number of carbonyl (C=O) groups is 1. The molecule has 1 amide bonds. The van der Waals surface area contributed by atoms with Crippen molar-refractivity contribution in [1.29, 1.82) is 5.26 Å². The minimum absolute atomic E-state index is 0.279. The lowest BCUT2D eigenvalue weighted by molar-refractivity contribution is -0.120. The summed E-state index contributed by atoms with van der Waals surface area (Å²) in [6.07, 6.45) is 1.50. The van der Waals surface area contributed by atoms with Crippen LogP contribution < -0.4 is 5.32 Å². The van der Waals surface area contributed by atoms with Crippen LogP contribution in [0.5, 0.6) is 0 Å². The van der Waals surface area contributed by atoms with Gasteiger partial charge in [0.15, 0.2) is 6.61 Å². The molecule has 2 rings (SSSR count). The molecule has 0 atom stereocenters. The van der Waals surface area contributed by atoms with E-state index in [-0.39, 0.29) is 6.61 Å². The van der Waals surface area contributed by atoms with Crippen molar-refractivity contribution in [1.82, 2.24) is 0 Å². The van der Waals surface area contributed by atoms with Crippen molar-refractivity contribution in [3.8, 4) is 6.07 Å². The molecule has 7 heteroatoms. The number of halogens is 2. The van der Waals surface area contributed by atoms with Gasteiger partial charge in [-0.3, -0.25) is 4.79 Å². The number of nitrogens with one attached hydrogen (secondary N) is 1. The normalized spacial score (nSPS) is 10.3. The van der Waals surface area contributed by atoms with Crippen molar-refractivity contribution in [2.75, 3.05) is 11.9 Å². The van der Waals surface area contributed by atoms with Gasteiger partial charge in [0, 0.05) is 15.1 Å². The Kier molecular flexibility index (Phi) is 6.15. The lowest BCUT2D eigenvalue weighted by atomic mass is 10.2. The molecule has 116 valence electrons. The summed E-state index contributed by atoms with van der Waals surface area (Å²) in [5.41, 5.74) is 1.48. The number of benzene rings is 2. The van der Waals surface area contributed by atoms with E-state index in [1.807, 2.05) is 30.3 Å². The Balaban J connectivity index is 1.90. The van der Waals surface area contributed by atoms with Gasteiger partial charge >= 0.3 is 0 Å². The molecule has 0 fully saturated rings. The van der Waals surface area contributed by atoms with Crippen LogP contribution in [-0.4, -0.2) is 18.7 Å². The van der Waals surface area contributed by atoms with Crippen LogP contribution in [0.25, 0.3) is 0 Å². The SMILES string of the molecule is N#Cc1ccc(Cl)cc1NC(=O)CO/N=C\c1ccccc1Br. The second kappa shape index (κ2) is 8.32. The smallest absolute Gasteiger partial charge is 0.265 e. The van der Waals surface area contributed by atoms with E-state index >= 15 is 0 Å². The van der Waals surface area contributed by atoms with Crippen molar-refractivity contribution < 1.29 is 9.63 Å². The van der Waals surface area contributed by atoms with Gasteiger partial charge in [0.05, 0.1) is 17.5 Å². The first kappa shape index (κ1) is 17.0. The molecule has 1 N–H and O–H groups in total. The van der Waals surface area contributed by atoms with Crippen LogP contribution in [-0.2, 0) is 9.63 Å². The van der Waals surface area contributed by atoms with Crippen molar-refractivity contribution >= 4 is 45.3 Å². The largest absolute Gasteiger partial charge is 0.386 e. The van der Waals surface area contributed by atoms with E-state index < -0.39 is 5.91 Å². The molecule has 0 aliphatic carbocycles. The summed E-state index contributed by atoms with van der Waals surface area (Å²) >= 11 is 9.22. The van der Waals surface area contributed by atoms with Crippen LogP contribution in [0.3, 0.4) is 0 Å². The summed E-state index contributed by atoms with van der Waals surface area (Å²) in [4.78, 5) is 16.7. The van der Waals surface area contributed by atoms with Crippen LogP contribution in [0.4, 0.5) is 5.69 Å². The van der Waals surface area contributed by atoms with Gasteiger partial charge < -0.3 is 10.2 Å². The second-order valence-electron chi connectivity index (χ2n) is 4.38. The van der Waals surface area contributed by atoms with Gasteiger partial charge in [-0.25, -0.2) is 0 Å². The van der Waals surface area contributed by atoms with E-state index in [0.717, 1.165) is 10.0 Å². The first-order valence-electron chi connectivity index (χ1n) is 6.49. The highest BCUT2D eigenvalue weighted by Crippen LogP contribution is 2.20. The van der Waals surface area contributed by atoms with Gasteiger partial charge in [0.2, 0.25) is 0 Å². The van der Waals surface area contributed by atoms with E-state index in [1.54, 1.807) is 6.07 Å². The van der Waals surface area contributed by atoms with Crippen LogP contribution in [0.1, 0.15) is 11.1 Å². The highest BCUT2D eigenvalue weighted by atomic mass is 79.9. The Morgan fingerprint density at radius 3 is 2.91 bits per heavy atom. The molecule has 5 nitrogen and oxygen atoms in total. The molecule has 23 heavy (non-hydrogen) atoms. The summed E-state index contributed by atoms with van der Waals surface area (Å²) in [7, 11) is 0. The Labute approximate surface area is 146 Å². The Bertz CT molecular complexity index is 787. The van der Waals surface area contributed by atoms with Crippen molar-refractivity contribution in [3.05, 3.63) is 63.1 Å². The standard InChI is InChI=1S/C16H11BrClN3O2/c17-14-4-2-1-3-12(14)9-20-23-10-16(22)21-15-7-13(18)6-5-11(15)8-19/h1-7,9H,10H2,(H,21,22)/b20-9-. The molecular weight excluding hydrogens is 382 g/mol. The quantitative estimate of drug-likeness (QED) is 0.618. The van der Waals surface area contributed by atoms with E-state index in [2.05, 4.69) is 26.4 Å². The number of amides is 1. The molecule has 0 aliphatic rings. The number of nitrogens with zero attached hydrogens (tertiary/aromatic N) is 2. The fourth-order valence-electron chi connectivity index (χ4n) is 1.67. The molecule has 0 saturated heterocycles. The Morgan fingerprint density at radius 2 is 2.17 bits per heavy atom. The summed E-state index contributed by atoms with van der Waals surface area (Å²) in [6.45, 7) is -0.279. The summed E-state index contributed by atoms with van der Waals surface area (Å²) in [5, 5.41) is 15.7. The van der Waals surface area contributed by atoms with Gasteiger partial charge in [-0.2, -0.15) is 5.26 Å². The van der Waals surface area contributed by atoms with E-state index in [1.165, 1.54) is 18.3 Å². The van der Waals surface area contributed by atoms with E-state index in [0.29, 0.717) is 16.3 Å². The van der Waals surface area contributed by atoms with E-state index in [9.17, 15) is 4.79 Å². The third kappa shape index (κ3) is 5.09. The maximum atomic E-state index is 11.8. The van der Waals surface area contributed by atoms with E-state index in [4.69, 9.17) is 21.7 Å². The van der Waals surface area contributed by atoms with Crippen molar-refractivity contribution in [2.24, 2.45) is 5.16 Å². The number of rotatable bonds is 5. The first-order valence-corrected chi connectivity index (χ1v) is 7.66. The molecule has 0 spiro atoms. The lowest BCUT2D eigenvalue weighted by Gasteiger charge is -2.06. The van der Waals surface area contributed by atoms with Crippen molar-refractivity contribution in [3.63, 3.8) is 0 Å². The van der Waals surface area contributed by atoms with Crippen LogP contribution in [0, 0.1) is 11.3 Å². The molecule has 0 aromatic heterocycles. The fraction of sp³-hybridized carbons (Fsp3) is 0.0625. The number of carbonyl (C=O) groups excluding carboxylic acids is 1. The van der Waals surface area contributed by atoms with Gasteiger partial charge in [-0.05, 0) is 24.3 Å². The zero-order valence-electron chi connectivity index (χ0n) is 11.8. The highest BCUT2D eigenvalue weighted by Gasteiger charge is 2.08. The van der Waals surface area contributed by atoms with Gasteiger partial charge in [-0.15, -0.1) is 0 Å². The molecule has 0 saturated carbocycles. The van der Waals surface area contributed by atoms with Crippen molar-refractivity contribution in [2.45, 2.75) is 0 Å². The maximum Gasteiger partial charge on any atom is 0.265 e. The van der Waals surface area contributed by atoms with Gasteiger partial charge in [-0.1, -0.05) is 50.9 Å². The Morgan fingerprint density at radius 1 is 1.39 bits per heavy atom. The summed E-state index contributed by atoms with van der Waals surface area (Å²) in [6, 6.07) is 14.1. The Hall–Kier alpha value is -2.36. The topological polar surface area (TPSA) is 74.5 Å². The molecule has 0 unspecified atom stereocenters. The predicted octanol–water partition coefficient (Wildman–Crippen LogP) is 3.96. The first-order chi connectivity index (χ1) is 11.1. The van der Waals surface area contributed by atoms with Crippen LogP contribution in [0.15, 0.2) is 52.1 Å². The van der Waals surface area contributed by atoms with Crippen LogP contribution >= 0.6 is 27.5 Å². The molecule has 2 aromatic rings. The zero-order chi connectivity index (χ0) is 16.7. The van der Waals surface area contributed by atoms with Gasteiger partial charge in [0.1, 0.15) is 6.07 Å². The highest BCUT2D eigenvalue weighted by molar-refractivity contribution is 9.10. The predicted molar refractivity (Wildman–Crippen MR) is 92.5 cm³/mol. The summed E-state index contributed by atoms with van der Waals surface area (Å²) in [5.74, 6) is -0.437. The molecule has 0 heterocycles. The number of oxime groups is 1. The molecule has 2 aromatic carbocycles. The number of nitriles is 1. The van der Waals surface area contributed by atoms with Gasteiger partial charge in [0.25, 0.3) is 5.91 Å². The second-order valence-corrected chi connectivity index (χ2v) is 5.67. The van der Waals surface area contributed by atoms with Crippen LogP contribution in [0.2, 0.25) is 5.02 Å². The lowest BCUT2D eigenvalue weighted by Crippen LogP contribution is -2.17. The number of hydrogen-bond donors (Lipinski definition) is 1. The minimum Gasteiger partial charge on any atom is -0.386 e. The number of hydrogen-bond acceptors (Lipinski definition) is 4. The average Bonchev–Trinajstić information content (AvgIpc) is 2.53. The molecule has 0 bridgehead atoms. The minimum atomic E-state index is -0.437. The molecular formula is C16H11BrClN3O2. The zero-order valence-corrected chi connectivity index (χ0v) is 14.1. The number of anilines is 1. The third-order valence-electron chi connectivity index (χ3n) is 2.74. The third-order valence-corrected chi connectivity index (χ3v) is 3.70. The fourth-order valence-corrected chi connectivity index (χ4v) is 2.23. The molecule has 0 radical (unpaired) electrons. The monoisotopic (exact) mass is 391 g/mol.